The fourth-order valence-electron chi connectivity index (χ4n) is 8.25. The molecule has 11 aromatic rings. The Bertz CT molecular complexity index is 4730. The van der Waals surface area contributed by atoms with Gasteiger partial charge >= 0.3 is 114 Å². The van der Waals surface area contributed by atoms with Gasteiger partial charge in [-0.1, -0.05) is 54.6 Å². The van der Waals surface area contributed by atoms with E-state index < -0.39 is 60.9 Å². The summed E-state index contributed by atoms with van der Waals surface area (Å²) < 4.78 is 66.3. The summed E-state index contributed by atoms with van der Waals surface area (Å²) in [6, 6.07) is 42.5. The molecule has 540 valence electrons. The summed E-state index contributed by atoms with van der Waals surface area (Å²) >= 11 is 5.77. The van der Waals surface area contributed by atoms with Crippen molar-refractivity contribution in [2.24, 2.45) is 0 Å². The second kappa shape index (κ2) is 48.8. The number of nitrogens with zero attached hydrogens (tertiary/aromatic N) is 11. The van der Waals surface area contributed by atoms with E-state index in [4.69, 9.17) is 65.3 Å². The van der Waals surface area contributed by atoms with Gasteiger partial charge in [0.2, 0.25) is 15.0 Å². The van der Waals surface area contributed by atoms with Gasteiger partial charge in [0.1, 0.15) is 28.8 Å². The molecule has 0 bridgehead atoms. The summed E-state index contributed by atoms with van der Waals surface area (Å²) in [6.07, 6.45) is 5.08. The molecule has 0 saturated heterocycles. The van der Waals surface area contributed by atoms with Crippen LogP contribution in [-0.4, -0.2) is 93.1 Å². The summed E-state index contributed by atoms with van der Waals surface area (Å²) in [6.45, 7) is 18.6. The Morgan fingerprint density at radius 1 is 0.670 bits per heavy atom. The maximum absolute atomic E-state index is 14.0. The number of imidazole rings is 1. The number of carboxylic acids is 1. The van der Waals surface area contributed by atoms with E-state index in [-0.39, 0.29) is 171 Å². The van der Waals surface area contributed by atoms with Gasteiger partial charge in [0.05, 0.1) is 107 Å². The van der Waals surface area contributed by atoms with Gasteiger partial charge in [-0.2, -0.15) is 24.9 Å². The fourth-order valence-corrected chi connectivity index (χ4v) is 8.42. The van der Waals surface area contributed by atoms with Gasteiger partial charge in [-0.3, -0.25) is 24.5 Å². The minimum atomic E-state index is -1.67. The molecule has 2 amide bonds. The number of nitrogen functional groups attached to an aromatic ring is 1. The molecule has 106 heavy (non-hydrogen) atoms. The van der Waals surface area contributed by atoms with Gasteiger partial charge in [-0.05, 0) is 146 Å². The molecule has 0 aliphatic heterocycles. The number of carbonyl (C=O) groups is 4. The van der Waals surface area contributed by atoms with Crippen molar-refractivity contribution in [1.82, 2.24) is 39.3 Å². The van der Waals surface area contributed by atoms with Gasteiger partial charge in [0.15, 0.2) is 17.1 Å². The van der Waals surface area contributed by atoms with Crippen LogP contribution in [0.5, 0.6) is 0 Å². The SMILES string of the molecule is Cc1cc(C(=O)O)n(-c2cccc(C#N)c2)n1.Nc1cc(CO)ccc1F.O=CO[O-].O=S(Cl)Cl.O=[N+]([O-])c1cc(CO)ccc1F.[C-]#[N+]c1cccc(-n2nc(C)cc2C(=O)Nc2cc(CCl)ccc2F)c1.[C-]#[N+]c1cccc(-n2nc(C)cc2C(=O)Nc2cc(CO)ccc2F)c1.[H-].[K+].[K+].c1c[nH]cn1. The number of anilines is 3. The number of nitro benzene ring substituents is 1. The molecular weight excluding hydrogens is 1530 g/mol. The Balaban J connectivity index is 0.000000657. The normalized spacial score (nSPS) is 9.62. The fraction of sp³-hybridized carbons (Fsp3) is 0.103. The largest absolute Gasteiger partial charge is 1.00 e. The molecule has 38 heteroatoms. The number of carboxylic acid groups (broad SMARTS) is 1. The van der Waals surface area contributed by atoms with E-state index >= 15 is 0 Å². The van der Waals surface area contributed by atoms with Crippen molar-refractivity contribution >= 4 is 101 Å². The molecule has 0 unspecified atom stereocenters. The van der Waals surface area contributed by atoms with Crippen molar-refractivity contribution < 1.29 is 181 Å². The Labute approximate surface area is 704 Å². The van der Waals surface area contributed by atoms with Gasteiger partial charge in [-0.25, -0.2) is 50.9 Å². The number of nitrogens with one attached hydrogen (secondary N) is 3. The zero-order valence-electron chi connectivity index (χ0n) is 57.2. The Kier molecular flexibility index (Phi) is 42.8. The number of amides is 2. The van der Waals surface area contributed by atoms with Crippen LogP contribution in [0.3, 0.4) is 0 Å². The van der Waals surface area contributed by atoms with E-state index in [1.807, 2.05) is 6.07 Å². The Morgan fingerprint density at radius 2 is 1.07 bits per heavy atom. The third-order valence-corrected chi connectivity index (χ3v) is 13.1. The number of aromatic amines is 1. The van der Waals surface area contributed by atoms with Crippen LogP contribution in [0.4, 0.5) is 51.7 Å². The van der Waals surface area contributed by atoms with E-state index in [2.05, 4.69) is 71.8 Å². The number of nitrogens with two attached hydrogens (primary N) is 1. The molecule has 0 spiro atoms. The summed E-state index contributed by atoms with van der Waals surface area (Å²) in [5.41, 5.74) is 12.2. The first-order valence-corrected chi connectivity index (χ1v) is 32.4. The first-order valence-electron chi connectivity index (χ1n) is 29.0. The molecule has 28 nitrogen and oxygen atoms in total. The predicted molar refractivity (Wildman–Crippen MR) is 376 cm³/mol. The number of aliphatic hydroxyl groups excluding tert-OH is 3. The van der Waals surface area contributed by atoms with E-state index in [9.17, 15) is 47.2 Å². The molecule has 0 atom stereocenters. The molecule has 4 heterocycles. The number of benzene rings is 7. The van der Waals surface area contributed by atoms with Crippen molar-refractivity contribution in [1.29, 1.82) is 5.26 Å². The van der Waals surface area contributed by atoms with Crippen LogP contribution in [0.2, 0.25) is 0 Å². The van der Waals surface area contributed by atoms with Gasteiger partial charge in [0.25, 0.3) is 18.3 Å². The summed E-state index contributed by atoms with van der Waals surface area (Å²) in [5, 5.41) is 80.6. The van der Waals surface area contributed by atoms with Crippen molar-refractivity contribution in [2.75, 3.05) is 16.4 Å². The summed E-state index contributed by atoms with van der Waals surface area (Å²) in [7, 11) is 7.36. The molecule has 0 fully saturated rings. The monoisotopic (exact) mass is 1580 g/mol. The maximum atomic E-state index is 14.0. The van der Waals surface area contributed by atoms with Crippen LogP contribution in [0.25, 0.3) is 26.8 Å². The molecule has 9 N–H and O–H groups in total. The number of nitro groups is 1. The van der Waals surface area contributed by atoms with Gasteiger partial charge in [0, 0.05) is 45.7 Å². The molecule has 0 saturated carbocycles. The minimum absolute atomic E-state index is 0. The molecular formula is C68H58Cl3F4K2N15O13S. The number of hydrogen-bond acceptors (Lipinski definition) is 18. The van der Waals surface area contributed by atoms with E-state index in [0.717, 1.165) is 12.1 Å². The third kappa shape index (κ3) is 30.7. The third-order valence-electron chi connectivity index (χ3n) is 12.8. The van der Waals surface area contributed by atoms with Crippen LogP contribution in [0.1, 0.15) is 77.8 Å². The van der Waals surface area contributed by atoms with Crippen LogP contribution in [-0.2, 0) is 44.6 Å². The summed E-state index contributed by atoms with van der Waals surface area (Å²) in [4.78, 5) is 70.2. The van der Waals surface area contributed by atoms with E-state index in [0.29, 0.717) is 73.3 Å². The van der Waals surface area contributed by atoms with Gasteiger partial charge in [-0.15, -0.1) is 11.6 Å². The average Bonchev–Trinajstić information content (AvgIpc) is 1.69. The summed E-state index contributed by atoms with van der Waals surface area (Å²) in [5.74, 6) is -4.39. The predicted octanol–water partition coefficient (Wildman–Crippen LogP) is 6.36. The standard InChI is InChI=1S/C19H14ClFN4O.C19H15FN4O2.C12H9N3O2.C7H6FNO3.C7H8FNO.C3H4N2.CH2O3.Cl2OS.2K.H/c1-12-8-18(25(24-12)15-5-3-4-14(10-15)22-2)19(26)23-17-9-13(11-20)6-7-16(17)21;1-12-8-18(24(23-12)15-5-3-4-14(10-15)21-2)19(26)22-17-9-13(11-25)6-7-16(17)20;1-8-5-11(12(16)17)15(14-8)10-4-2-3-9(6-10)7-13;8-6-2-1-5(4-10)3-7(6)9(11)12;8-6-2-1-5(4-10)3-7(6)9;1-2-5-3-4-1;2-1-4-3;1-4(2)3;;;/h3-10H,11H2,1H3,(H,23,26);3-10,25H,11H2,1H3,(H,22,26);2-6H,1H3,(H,16,17);1-3,10H,4H2;1-3,10H,4,9H2;1-3H,(H,4,5);1,3H;;;;/q;;;;;;;;2*+1;-1/p-1. The van der Waals surface area contributed by atoms with E-state index in [1.165, 1.54) is 74.7 Å². The number of H-pyrrole nitrogens is 1. The van der Waals surface area contributed by atoms with Crippen LogP contribution >= 0.6 is 33.0 Å². The molecule has 0 radical (unpaired) electrons. The number of alkyl halides is 1. The number of carbonyl (C=O) groups excluding carboxylic acids is 3. The first kappa shape index (κ1) is 92.9. The number of aromatic nitrogens is 8. The van der Waals surface area contributed by atoms with Crippen LogP contribution in [0.15, 0.2) is 183 Å². The van der Waals surface area contributed by atoms with Crippen molar-refractivity contribution in [2.45, 2.75) is 46.5 Å². The quantitative estimate of drug-likeness (QED) is 0.00560. The molecule has 4 aromatic heterocycles. The van der Waals surface area contributed by atoms with Crippen molar-refractivity contribution in [3.63, 3.8) is 0 Å². The zero-order chi connectivity index (χ0) is 77.0. The molecule has 0 aliphatic carbocycles. The Hall–Kier alpha value is -9.22. The zero-order valence-corrected chi connectivity index (χ0v) is 65.6. The number of hydrogen-bond donors (Lipinski definition) is 8. The minimum Gasteiger partial charge on any atom is -1.00 e. The van der Waals surface area contributed by atoms with Crippen LogP contribution in [0, 0.1) is 78.6 Å². The molecule has 0 aliphatic rings. The first-order chi connectivity index (χ1) is 49.7. The smallest absolute Gasteiger partial charge is 1.00 e. The number of halogens is 7. The van der Waals surface area contributed by atoms with Crippen molar-refractivity contribution in [3.8, 4) is 23.1 Å². The second-order valence-corrected chi connectivity index (χ2v) is 23.0. The number of nitriles is 1. The second-order valence-electron chi connectivity index (χ2n) is 20.2. The molecule has 7 aromatic carbocycles. The van der Waals surface area contributed by atoms with E-state index in [1.54, 1.807) is 130 Å². The van der Waals surface area contributed by atoms with Gasteiger partial charge < -0.3 is 53.3 Å². The average molecular weight is 1590 g/mol. The van der Waals surface area contributed by atoms with Crippen molar-refractivity contribution in [3.05, 3.63) is 301 Å². The number of aryl methyl sites for hydroxylation is 3. The number of aliphatic hydroxyl groups is 3. The maximum Gasteiger partial charge on any atom is 1.00 e. The van der Waals surface area contributed by atoms with Crippen LogP contribution < -0.4 is 124 Å². The Morgan fingerprint density at radius 3 is 1.44 bits per heavy atom. The number of rotatable bonds is 14. The molecule has 11 rings (SSSR count). The number of aromatic carboxylic acids is 1. The topological polar surface area (TPSA) is 406 Å².